The summed E-state index contributed by atoms with van der Waals surface area (Å²) in [6.07, 6.45) is 0.346. The van der Waals surface area contributed by atoms with Gasteiger partial charge >= 0.3 is 5.69 Å². The fraction of sp³-hybridized carbons (Fsp3) is 0.500. The number of nitrogens with one attached hydrogen (secondary N) is 1. The van der Waals surface area contributed by atoms with Gasteiger partial charge in [-0.25, -0.2) is 8.42 Å². The fourth-order valence-corrected chi connectivity index (χ4v) is 4.50. The van der Waals surface area contributed by atoms with Crippen molar-refractivity contribution in [3.63, 3.8) is 0 Å². The van der Waals surface area contributed by atoms with Crippen LogP contribution in [0.5, 0.6) is 5.75 Å². The third-order valence-electron chi connectivity index (χ3n) is 4.22. The molecule has 0 saturated carbocycles. The Balaban J connectivity index is 2.08. The van der Waals surface area contributed by atoms with Crippen LogP contribution in [0.3, 0.4) is 0 Å². The molecular weight excluding hydrogens is 378 g/mol. The zero-order valence-corrected chi connectivity index (χ0v) is 15.8. The molecule has 27 heavy (non-hydrogen) atoms. The van der Waals surface area contributed by atoms with E-state index in [9.17, 15) is 28.1 Å². The molecular formula is C16H21N3O7S. The number of benzene rings is 1. The van der Waals surface area contributed by atoms with Gasteiger partial charge in [0.25, 0.3) is 5.91 Å². The van der Waals surface area contributed by atoms with Gasteiger partial charge < -0.3 is 15.0 Å². The smallest absolute Gasteiger partial charge is 0.311 e. The zero-order chi connectivity index (χ0) is 20.2. The highest BCUT2D eigenvalue weighted by molar-refractivity contribution is 7.91. The molecule has 0 spiro atoms. The van der Waals surface area contributed by atoms with Crippen LogP contribution in [0.1, 0.15) is 23.7 Å². The van der Waals surface area contributed by atoms with Crippen LogP contribution in [-0.2, 0) is 14.6 Å². The van der Waals surface area contributed by atoms with E-state index < -0.39 is 32.6 Å². The Morgan fingerprint density at radius 3 is 2.63 bits per heavy atom. The van der Waals surface area contributed by atoms with E-state index in [0.717, 1.165) is 6.07 Å². The molecule has 2 rings (SSSR count). The molecule has 1 N–H and O–H groups in total. The molecule has 0 radical (unpaired) electrons. The standard InChI is InChI=1S/C16H21N3O7S/c1-3-18(9-15(20)17-12-6-7-27(24,25)10-12)16(21)11-4-5-14(26-2)13(8-11)19(22)23/h4-5,8,12H,3,6-7,9-10H2,1-2H3,(H,17,20)/t12-/m0/s1. The van der Waals surface area contributed by atoms with Crippen LogP contribution in [0, 0.1) is 10.1 Å². The van der Waals surface area contributed by atoms with E-state index >= 15 is 0 Å². The van der Waals surface area contributed by atoms with Crippen LogP contribution < -0.4 is 10.1 Å². The number of likely N-dealkylation sites (N-methyl/N-ethyl adjacent to an activating group) is 1. The number of nitro benzene ring substituents is 1. The lowest BCUT2D eigenvalue weighted by molar-refractivity contribution is -0.385. The summed E-state index contributed by atoms with van der Waals surface area (Å²) in [5.74, 6) is -1.07. The van der Waals surface area contributed by atoms with Gasteiger partial charge in [-0.05, 0) is 25.5 Å². The second-order valence-electron chi connectivity index (χ2n) is 6.13. The fourth-order valence-electron chi connectivity index (χ4n) is 2.83. The summed E-state index contributed by atoms with van der Waals surface area (Å²) < 4.78 is 27.8. The Labute approximate surface area is 156 Å². The van der Waals surface area contributed by atoms with E-state index in [0.29, 0.717) is 6.42 Å². The third kappa shape index (κ3) is 5.16. The molecule has 1 saturated heterocycles. The van der Waals surface area contributed by atoms with Crippen molar-refractivity contribution in [2.75, 3.05) is 31.7 Å². The van der Waals surface area contributed by atoms with Gasteiger partial charge in [0.15, 0.2) is 15.6 Å². The van der Waals surface area contributed by atoms with Crippen LogP contribution >= 0.6 is 0 Å². The molecule has 1 heterocycles. The Kier molecular flexibility index (Phi) is 6.37. The highest BCUT2D eigenvalue weighted by atomic mass is 32.2. The molecule has 0 bridgehead atoms. The monoisotopic (exact) mass is 399 g/mol. The Morgan fingerprint density at radius 1 is 1.41 bits per heavy atom. The van der Waals surface area contributed by atoms with Gasteiger partial charge in [-0.1, -0.05) is 0 Å². The van der Waals surface area contributed by atoms with Gasteiger partial charge in [-0.2, -0.15) is 0 Å². The van der Waals surface area contributed by atoms with Crippen molar-refractivity contribution in [3.05, 3.63) is 33.9 Å². The molecule has 1 aromatic carbocycles. The summed E-state index contributed by atoms with van der Waals surface area (Å²) in [7, 11) is -1.84. The number of rotatable bonds is 7. The van der Waals surface area contributed by atoms with Crippen LogP contribution in [0.25, 0.3) is 0 Å². The quantitative estimate of drug-likeness (QED) is 0.517. The number of nitrogens with zero attached hydrogens (tertiary/aromatic N) is 2. The maximum atomic E-state index is 12.6. The molecule has 0 unspecified atom stereocenters. The molecule has 1 aliphatic rings. The number of sulfone groups is 1. The average molecular weight is 399 g/mol. The van der Waals surface area contributed by atoms with Crippen molar-refractivity contribution in [3.8, 4) is 5.75 Å². The maximum Gasteiger partial charge on any atom is 0.311 e. The second kappa shape index (κ2) is 8.33. The average Bonchev–Trinajstić information content (AvgIpc) is 2.96. The highest BCUT2D eigenvalue weighted by Crippen LogP contribution is 2.28. The minimum Gasteiger partial charge on any atom is -0.490 e. The molecule has 148 valence electrons. The van der Waals surface area contributed by atoms with Gasteiger partial charge in [0, 0.05) is 24.2 Å². The molecule has 1 aromatic rings. The summed E-state index contributed by atoms with van der Waals surface area (Å²) in [6, 6.07) is 3.35. The number of nitro groups is 1. The minimum absolute atomic E-state index is 0.0276. The van der Waals surface area contributed by atoms with Gasteiger partial charge in [0.1, 0.15) is 0 Å². The van der Waals surface area contributed by atoms with Crippen LogP contribution in [-0.4, -0.2) is 67.8 Å². The predicted octanol–water partition coefficient (Wildman–Crippen LogP) is 0.369. The first-order valence-electron chi connectivity index (χ1n) is 8.28. The molecule has 2 amide bonds. The lowest BCUT2D eigenvalue weighted by Gasteiger charge is -2.21. The van der Waals surface area contributed by atoms with Gasteiger partial charge in [0.2, 0.25) is 5.91 Å². The third-order valence-corrected chi connectivity index (χ3v) is 5.99. The van der Waals surface area contributed by atoms with E-state index in [1.807, 2.05) is 0 Å². The maximum absolute atomic E-state index is 12.6. The number of hydrogen-bond donors (Lipinski definition) is 1. The molecule has 11 heteroatoms. The zero-order valence-electron chi connectivity index (χ0n) is 15.0. The Hall–Kier alpha value is -2.69. The second-order valence-corrected chi connectivity index (χ2v) is 8.36. The van der Waals surface area contributed by atoms with Crippen molar-refractivity contribution in [1.29, 1.82) is 0 Å². The van der Waals surface area contributed by atoms with Crippen molar-refractivity contribution < 1.29 is 27.7 Å². The topological polar surface area (TPSA) is 136 Å². The number of ether oxygens (including phenoxy) is 1. The van der Waals surface area contributed by atoms with Crippen molar-refractivity contribution in [1.82, 2.24) is 10.2 Å². The molecule has 1 aliphatic heterocycles. The summed E-state index contributed by atoms with van der Waals surface area (Å²) in [5.41, 5.74) is -0.291. The first-order chi connectivity index (χ1) is 12.7. The number of amides is 2. The highest BCUT2D eigenvalue weighted by Gasteiger charge is 2.30. The molecule has 0 aromatic heterocycles. The lowest BCUT2D eigenvalue weighted by Crippen LogP contribution is -2.44. The summed E-state index contributed by atoms with van der Waals surface area (Å²) in [4.78, 5) is 36.5. The summed E-state index contributed by atoms with van der Waals surface area (Å²) in [6.45, 7) is 1.60. The van der Waals surface area contributed by atoms with Crippen LogP contribution in [0.2, 0.25) is 0 Å². The van der Waals surface area contributed by atoms with Gasteiger partial charge in [-0.15, -0.1) is 0 Å². The van der Waals surface area contributed by atoms with Crippen LogP contribution in [0.15, 0.2) is 18.2 Å². The largest absolute Gasteiger partial charge is 0.490 e. The van der Waals surface area contributed by atoms with Crippen molar-refractivity contribution >= 4 is 27.3 Å². The first-order valence-corrected chi connectivity index (χ1v) is 10.1. The molecule has 1 atom stereocenters. The number of hydrogen-bond acceptors (Lipinski definition) is 7. The van der Waals surface area contributed by atoms with E-state index in [4.69, 9.17) is 4.74 Å². The van der Waals surface area contributed by atoms with E-state index in [1.165, 1.54) is 24.1 Å². The van der Waals surface area contributed by atoms with Crippen LogP contribution in [0.4, 0.5) is 5.69 Å². The normalized spacial score (nSPS) is 17.9. The first kappa shape index (κ1) is 20.6. The summed E-state index contributed by atoms with van der Waals surface area (Å²) in [5, 5.41) is 13.7. The summed E-state index contributed by atoms with van der Waals surface area (Å²) >= 11 is 0. The molecule has 10 nitrogen and oxygen atoms in total. The number of methoxy groups -OCH3 is 1. The Morgan fingerprint density at radius 2 is 2.11 bits per heavy atom. The number of carbonyl (C=O) groups is 2. The lowest BCUT2D eigenvalue weighted by atomic mass is 10.1. The van der Waals surface area contributed by atoms with Crippen molar-refractivity contribution in [2.24, 2.45) is 0 Å². The number of carbonyl (C=O) groups excluding carboxylic acids is 2. The van der Waals surface area contributed by atoms with E-state index in [2.05, 4.69) is 5.32 Å². The molecule has 0 aliphatic carbocycles. The molecule has 1 fully saturated rings. The van der Waals surface area contributed by atoms with E-state index in [-0.39, 0.29) is 41.6 Å². The van der Waals surface area contributed by atoms with Gasteiger partial charge in [-0.3, -0.25) is 19.7 Å². The Bertz CT molecular complexity index is 854. The van der Waals surface area contributed by atoms with Crippen molar-refractivity contribution in [2.45, 2.75) is 19.4 Å². The SMILES string of the molecule is CCN(CC(=O)N[C@H]1CCS(=O)(=O)C1)C(=O)c1ccc(OC)c([N+](=O)[O-])c1. The van der Waals surface area contributed by atoms with E-state index in [1.54, 1.807) is 6.92 Å². The predicted molar refractivity (Wildman–Crippen MR) is 96.4 cm³/mol. The van der Waals surface area contributed by atoms with Gasteiger partial charge in [0.05, 0.1) is 30.1 Å². The minimum atomic E-state index is -3.12.